The summed E-state index contributed by atoms with van der Waals surface area (Å²) in [6.07, 6.45) is -0.287. The molecule has 0 spiro atoms. The molecule has 0 saturated carbocycles. The van der Waals surface area contributed by atoms with Crippen molar-refractivity contribution in [1.82, 2.24) is 4.31 Å². The van der Waals surface area contributed by atoms with Crippen molar-refractivity contribution in [2.45, 2.75) is 10.6 Å². The summed E-state index contributed by atoms with van der Waals surface area (Å²) in [4.78, 5) is 21.8. The third-order valence-corrected chi connectivity index (χ3v) is 5.66. The van der Waals surface area contributed by atoms with Crippen molar-refractivity contribution in [3.05, 3.63) is 17.0 Å². The first kappa shape index (κ1) is 15.6. The van der Waals surface area contributed by atoms with Gasteiger partial charge in [-0.25, -0.2) is 13.2 Å². The number of hydrogen-bond acceptors (Lipinski definition) is 6. The number of nitrogens with zero attached hydrogens (tertiary/aromatic N) is 1. The highest BCUT2D eigenvalue weighted by molar-refractivity contribution is 7.91. The maximum Gasteiger partial charge on any atom is 0.348 e. The Morgan fingerprint density at radius 2 is 2.05 bits per heavy atom. The molecule has 0 aromatic carbocycles. The molecule has 1 aromatic rings. The van der Waals surface area contributed by atoms with Crippen LogP contribution in [0.1, 0.15) is 16.1 Å². The lowest BCUT2D eigenvalue weighted by Gasteiger charge is -2.14. The lowest BCUT2D eigenvalue weighted by molar-refractivity contribution is -0.137. The molecule has 0 radical (unpaired) electrons. The Morgan fingerprint density at radius 1 is 1.42 bits per heavy atom. The minimum Gasteiger partial charge on any atom is -0.481 e. The minimum atomic E-state index is -3.77. The quantitative estimate of drug-likeness (QED) is 0.774. The van der Waals surface area contributed by atoms with Gasteiger partial charge >= 0.3 is 11.9 Å². The van der Waals surface area contributed by atoms with E-state index in [1.54, 1.807) is 0 Å². The van der Waals surface area contributed by atoms with Gasteiger partial charge in [0.25, 0.3) is 10.0 Å². The molecule has 19 heavy (non-hydrogen) atoms. The van der Waals surface area contributed by atoms with Crippen LogP contribution in [0.5, 0.6) is 0 Å². The molecule has 1 heterocycles. The summed E-state index contributed by atoms with van der Waals surface area (Å²) in [6.45, 7) is -0.136. The molecule has 0 unspecified atom stereocenters. The largest absolute Gasteiger partial charge is 0.481 e. The van der Waals surface area contributed by atoms with Crippen LogP contribution in [0.3, 0.4) is 0 Å². The Labute approximate surface area is 114 Å². The van der Waals surface area contributed by atoms with Gasteiger partial charge in [-0.1, -0.05) is 0 Å². The van der Waals surface area contributed by atoms with E-state index in [1.165, 1.54) is 26.3 Å². The zero-order valence-electron chi connectivity index (χ0n) is 10.3. The zero-order valence-corrected chi connectivity index (χ0v) is 12.0. The molecule has 1 aromatic heterocycles. The van der Waals surface area contributed by atoms with Gasteiger partial charge in [-0.05, 0) is 12.1 Å². The third kappa shape index (κ3) is 3.75. The molecule has 0 aliphatic heterocycles. The Balaban J connectivity index is 2.91. The molecule has 0 fully saturated rings. The number of esters is 1. The lowest BCUT2D eigenvalue weighted by atomic mass is 10.4. The van der Waals surface area contributed by atoms with Gasteiger partial charge in [0.15, 0.2) is 0 Å². The summed E-state index contributed by atoms with van der Waals surface area (Å²) < 4.78 is 29.5. The van der Waals surface area contributed by atoms with Crippen LogP contribution < -0.4 is 0 Å². The second-order valence-corrected chi connectivity index (χ2v) is 6.94. The molecule has 0 saturated heterocycles. The molecule has 0 aliphatic carbocycles. The number of ether oxygens (including phenoxy) is 1. The molecular formula is C10H13NO6S2. The van der Waals surface area contributed by atoms with Crippen LogP contribution in [0.25, 0.3) is 0 Å². The zero-order chi connectivity index (χ0) is 14.6. The Kier molecular flexibility index (Phi) is 5.04. The third-order valence-electron chi connectivity index (χ3n) is 2.27. The van der Waals surface area contributed by atoms with Crippen molar-refractivity contribution >= 4 is 33.3 Å². The second kappa shape index (κ2) is 6.13. The van der Waals surface area contributed by atoms with E-state index in [-0.39, 0.29) is 22.1 Å². The van der Waals surface area contributed by atoms with E-state index in [1.807, 2.05) is 0 Å². The molecule has 0 amide bonds. The van der Waals surface area contributed by atoms with Crippen LogP contribution in [0, 0.1) is 0 Å². The van der Waals surface area contributed by atoms with Crippen LogP contribution in [-0.2, 0) is 19.6 Å². The van der Waals surface area contributed by atoms with Gasteiger partial charge in [-0.2, -0.15) is 4.31 Å². The topological polar surface area (TPSA) is 101 Å². The Bertz CT molecular complexity index is 577. The number of carbonyl (C=O) groups is 2. The Morgan fingerprint density at radius 3 is 2.58 bits per heavy atom. The van der Waals surface area contributed by atoms with Gasteiger partial charge in [0, 0.05) is 13.6 Å². The molecule has 0 atom stereocenters. The highest BCUT2D eigenvalue weighted by atomic mass is 32.2. The van der Waals surface area contributed by atoms with E-state index in [4.69, 9.17) is 5.11 Å². The van der Waals surface area contributed by atoms with E-state index in [9.17, 15) is 18.0 Å². The molecule has 7 nitrogen and oxygen atoms in total. The standard InChI is InChI=1S/C10H13NO6S2/c1-11(6-5-8(12)13)19(15,16)9-4-3-7(18-9)10(14)17-2/h3-4H,5-6H2,1-2H3,(H,12,13). The van der Waals surface area contributed by atoms with Crippen LogP contribution in [0.4, 0.5) is 0 Å². The molecule has 0 aliphatic rings. The smallest absolute Gasteiger partial charge is 0.348 e. The number of hydrogen-bond donors (Lipinski definition) is 1. The molecule has 106 valence electrons. The highest BCUT2D eigenvalue weighted by Crippen LogP contribution is 2.24. The molecule has 0 bridgehead atoms. The molecule has 1 rings (SSSR count). The van der Waals surface area contributed by atoms with Gasteiger partial charge in [-0.3, -0.25) is 4.79 Å². The summed E-state index contributed by atoms with van der Waals surface area (Å²) >= 11 is 0.783. The predicted octanol–water partition coefficient (Wildman–Crippen LogP) is 0.630. The fraction of sp³-hybridized carbons (Fsp3) is 0.400. The maximum atomic E-state index is 12.1. The summed E-state index contributed by atoms with van der Waals surface area (Å²) in [5, 5.41) is 8.53. The summed E-state index contributed by atoms with van der Waals surface area (Å²) in [5.74, 6) is -1.69. The monoisotopic (exact) mass is 307 g/mol. The summed E-state index contributed by atoms with van der Waals surface area (Å²) in [7, 11) is -1.28. The number of carbonyl (C=O) groups excluding carboxylic acids is 1. The van der Waals surface area contributed by atoms with Crippen LogP contribution >= 0.6 is 11.3 Å². The van der Waals surface area contributed by atoms with E-state index in [0.717, 1.165) is 15.6 Å². The maximum absolute atomic E-state index is 12.1. The van der Waals surface area contributed by atoms with E-state index < -0.39 is 22.0 Å². The van der Waals surface area contributed by atoms with Crippen molar-refractivity contribution in [3.63, 3.8) is 0 Å². The number of rotatable bonds is 6. The number of methoxy groups -OCH3 is 1. The fourth-order valence-electron chi connectivity index (χ4n) is 1.20. The van der Waals surface area contributed by atoms with E-state index >= 15 is 0 Å². The summed E-state index contributed by atoms with van der Waals surface area (Å²) in [5.41, 5.74) is 0. The van der Waals surface area contributed by atoms with Gasteiger partial charge < -0.3 is 9.84 Å². The highest BCUT2D eigenvalue weighted by Gasteiger charge is 2.24. The minimum absolute atomic E-state index is 0.0270. The predicted molar refractivity (Wildman–Crippen MR) is 67.7 cm³/mol. The fourth-order valence-corrected chi connectivity index (χ4v) is 3.80. The van der Waals surface area contributed by atoms with Gasteiger partial charge in [-0.15, -0.1) is 11.3 Å². The van der Waals surface area contributed by atoms with Crippen molar-refractivity contribution in [3.8, 4) is 0 Å². The number of carboxylic acids is 1. The number of sulfonamides is 1. The van der Waals surface area contributed by atoms with Crippen molar-refractivity contribution in [2.24, 2.45) is 0 Å². The second-order valence-electron chi connectivity index (χ2n) is 3.58. The molecule has 1 N–H and O–H groups in total. The van der Waals surface area contributed by atoms with Crippen molar-refractivity contribution in [2.75, 3.05) is 20.7 Å². The SMILES string of the molecule is COC(=O)c1ccc(S(=O)(=O)N(C)CCC(=O)O)s1. The van der Waals surface area contributed by atoms with Crippen molar-refractivity contribution in [1.29, 1.82) is 0 Å². The van der Waals surface area contributed by atoms with Crippen LogP contribution in [0.2, 0.25) is 0 Å². The van der Waals surface area contributed by atoms with E-state index in [2.05, 4.69) is 4.74 Å². The van der Waals surface area contributed by atoms with Gasteiger partial charge in [0.1, 0.15) is 9.09 Å². The molecular weight excluding hydrogens is 294 g/mol. The van der Waals surface area contributed by atoms with E-state index in [0.29, 0.717) is 0 Å². The van der Waals surface area contributed by atoms with Crippen LogP contribution in [-0.4, -0.2) is 50.5 Å². The number of carboxylic acid groups (broad SMARTS) is 1. The van der Waals surface area contributed by atoms with Gasteiger partial charge in [0.2, 0.25) is 0 Å². The lowest BCUT2D eigenvalue weighted by Crippen LogP contribution is -2.28. The first-order chi connectivity index (χ1) is 8.78. The average molecular weight is 307 g/mol. The van der Waals surface area contributed by atoms with Crippen LogP contribution in [0.15, 0.2) is 16.3 Å². The van der Waals surface area contributed by atoms with Gasteiger partial charge in [0.05, 0.1) is 13.5 Å². The molecule has 9 heteroatoms. The first-order valence-corrected chi connectivity index (χ1v) is 7.41. The number of thiophene rings is 1. The normalized spacial score (nSPS) is 11.5. The first-order valence-electron chi connectivity index (χ1n) is 5.15. The van der Waals surface area contributed by atoms with Crippen molar-refractivity contribution < 1.29 is 27.9 Å². The Hall–Kier alpha value is -1.45. The summed E-state index contributed by atoms with van der Waals surface area (Å²) in [6, 6.07) is 2.65. The number of aliphatic carboxylic acids is 1. The average Bonchev–Trinajstić information content (AvgIpc) is 2.84.